The highest BCUT2D eigenvalue weighted by molar-refractivity contribution is 7.98. The van der Waals surface area contributed by atoms with E-state index in [-0.39, 0.29) is 0 Å². The van der Waals surface area contributed by atoms with Crippen LogP contribution in [0.15, 0.2) is 83.6 Å². The molecule has 0 aliphatic rings. The Morgan fingerprint density at radius 1 is 0.750 bits per heavy atom. The molecule has 20 heavy (non-hydrogen) atoms. The second-order valence-electron chi connectivity index (χ2n) is 4.67. The van der Waals surface area contributed by atoms with E-state index >= 15 is 0 Å². The van der Waals surface area contributed by atoms with E-state index in [0.717, 1.165) is 11.1 Å². The third-order valence-corrected chi connectivity index (χ3v) is 4.35. The number of allylic oxidation sites excluding steroid dienone is 2. The van der Waals surface area contributed by atoms with Crippen LogP contribution in [0.3, 0.4) is 0 Å². The van der Waals surface area contributed by atoms with Gasteiger partial charge in [-0.3, -0.25) is 0 Å². The molecule has 0 spiro atoms. The minimum atomic E-state index is -1.20. The standard InChI is InChI=1S/C18H18OS/c1-15(13-17-9-5-3-6-10-17)20(19)16(2)14-18-11-7-4-8-12-18/h3-12H,1-2,13-14H2. The molecule has 0 saturated carbocycles. The lowest BCUT2D eigenvalue weighted by Crippen LogP contribution is -2.10. The quantitative estimate of drug-likeness (QED) is 0.726. The fourth-order valence-electron chi connectivity index (χ4n) is 1.98. The molecule has 0 amide bonds. The molecule has 0 N–H and O–H groups in total. The Morgan fingerprint density at radius 2 is 1.10 bits per heavy atom. The lowest BCUT2D eigenvalue weighted by atomic mass is 10.1. The minimum absolute atomic E-state index is 0.626. The molecule has 2 aromatic rings. The zero-order valence-electron chi connectivity index (χ0n) is 11.4. The second-order valence-corrected chi connectivity index (χ2v) is 6.36. The zero-order chi connectivity index (χ0) is 14.4. The van der Waals surface area contributed by atoms with Gasteiger partial charge in [0.15, 0.2) is 0 Å². The fraction of sp³-hybridized carbons (Fsp3) is 0.111. The second kappa shape index (κ2) is 7.13. The Morgan fingerprint density at radius 3 is 1.45 bits per heavy atom. The first-order chi connectivity index (χ1) is 9.66. The van der Waals surface area contributed by atoms with Crippen LogP contribution in [0.4, 0.5) is 0 Å². The minimum Gasteiger partial charge on any atom is -0.607 e. The van der Waals surface area contributed by atoms with Crippen molar-refractivity contribution in [2.45, 2.75) is 12.8 Å². The van der Waals surface area contributed by atoms with Crippen molar-refractivity contribution in [1.29, 1.82) is 0 Å². The van der Waals surface area contributed by atoms with Crippen LogP contribution in [0.2, 0.25) is 0 Å². The van der Waals surface area contributed by atoms with Gasteiger partial charge in [-0.25, -0.2) is 0 Å². The molecule has 0 saturated heterocycles. The summed E-state index contributed by atoms with van der Waals surface area (Å²) in [6.45, 7) is 7.90. The summed E-state index contributed by atoms with van der Waals surface area (Å²) in [6.07, 6.45) is 1.25. The van der Waals surface area contributed by atoms with Gasteiger partial charge in [0.25, 0.3) is 0 Å². The first-order valence-corrected chi connectivity index (χ1v) is 7.67. The molecule has 2 heteroatoms. The van der Waals surface area contributed by atoms with Crippen LogP contribution >= 0.6 is 0 Å². The molecule has 0 unspecified atom stereocenters. The van der Waals surface area contributed by atoms with E-state index in [0.29, 0.717) is 22.7 Å². The lowest BCUT2D eigenvalue weighted by molar-refractivity contribution is 0.605. The van der Waals surface area contributed by atoms with Gasteiger partial charge in [0.1, 0.15) is 9.81 Å². The third-order valence-electron chi connectivity index (χ3n) is 3.01. The molecule has 102 valence electrons. The van der Waals surface area contributed by atoms with Gasteiger partial charge in [-0.2, -0.15) is 0 Å². The van der Waals surface area contributed by atoms with E-state index < -0.39 is 11.2 Å². The van der Waals surface area contributed by atoms with Crippen molar-refractivity contribution in [1.82, 2.24) is 0 Å². The van der Waals surface area contributed by atoms with Crippen LogP contribution in [0.1, 0.15) is 11.1 Å². The predicted molar refractivity (Wildman–Crippen MR) is 86.7 cm³/mol. The highest BCUT2D eigenvalue weighted by atomic mass is 32.2. The Bertz CT molecular complexity index is 521. The number of rotatable bonds is 6. The number of hydrogen-bond acceptors (Lipinski definition) is 1. The summed E-state index contributed by atoms with van der Waals surface area (Å²) in [5.41, 5.74) is 2.25. The van der Waals surface area contributed by atoms with Gasteiger partial charge < -0.3 is 4.55 Å². The van der Waals surface area contributed by atoms with Crippen molar-refractivity contribution < 1.29 is 4.55 Å². The average Bonchev–Trinajstić information content (AvgIpc) is 2.48. The molecule has 1 nitrogen and oxygen atoms in total. The number of benzene rings is 2. The van der Waals surface area contributed by atoms with E-state index in [9.17, 15) is 4.55 Å². The van der Waals surface area contributed by atoms with E-state index in [1.165, 1.54) is 0 Å². The highest BCUT2D eigenvalue weighted by Crippen LogP contribution is 2.21. The number of hydrogen-bond donors (Lipinski definition) is 0. The van der Waals surface area contributed by atoms with Crippen LogP contribution in [-0.4, -0.2) is 4.55 Å². The van der Waals surface area contributed by atoms with Crippen molar-refractivity contribution >= 4 is 11.2 Å². The van der Waals surface area contributed by atoms with Crippen LogP contribution < -0.4 is 0 Å². The zero-order valence-corrected chi connectivity index (χ0v) is 12.2. The molecule has 0 aromatic heterocycles. The molecule has 0 atom stereocenters. The van der Waals surface area contributed by atoms with Crippen molar-refractivity contribution in [3.63, 3.8) is 0 Å². The first-order valence-electron chi connectivity index (χ1n) is 6.52. The lowest BCUT2D eigenvalue weighted by Gasteiger charge is -2.14. The summed E-state index contributed by atoms with van der Waals surface area (Å²) in [5.74, 6) is 0. The van der Waals surface area contributed by atoms with E-state index in [1.807, 2.05) is 60.7 Å². The smallest absolute Gasteiger partial charge is 0.132 e. The summed E-state index contributed by atoms with van der Waals surface area (Å²) in [7, 11) is 0. The summed E-state index contributed by atoms with van der Waals surface area (Å²) >= 11 is -1.20. The summed E-state index contributed by atoms with van der Waals surface area (Å²) < 4.78 is 12.4. The molecule has 0 bridgehead atoms. The van der Waals surface area contributed by atoms with Crippen molar-refractivity contribution in [2.24, 2.45) is 0 Å². The molecule has 2 rings (SSSR count). The maximum absolute atomic E-state index is 12.4. The third kappa shape index (κ3) is 4.12. The van der Waals surface area contributed by atoms with Crippen LogP contribution in [-0.2, 0) is 24.0 Å². The topological polar surface area (TPSA) is 23.1 Å². The highest BCUT2D eigenvalue weighted by Gasteiger charge is 2.18. The molecule has 0 fully saturated rings. The summed E-state index contributed by atoms with van der Waals surface area (Å²) in [6, 6.07) is 19.9. The van der Waals surface area contributed by atoms with Gasteiger partial charge in [-0.05, 0) is 24.3 Å². The van der Waals surface area contributed by atoms with Crippen molar-refractivity contribution in [3.05, 3.63) is 94.8 Å². The maximum Gasteiger partial charge on any atom is 0.132 e. The van der Waals surface area contributed by atoms with Crippen LogP contribution in [0, 0.1) is 0 Å². The first kappa shape index (κ1) is 14.6. The average molecular weight is 282 g/mol. The van der Waals surface area contributed by atoms with Crippen LogP contribution in [0.25, 0.3) is 0 Å². The van der Waals surface area contributed by atoms with Gasteiger partial charge >= 0.3 is 0 Å². The van der Waals surface area contributed by atoms with E-state index in [2.05, 4.69) is 13.2 Å². The molecular weight excluding hydrogens is 264 g/mol. The van der Waals surface area contributed by atoms with Crippen molar-refractivity contribution in [2.75, 3.05) is 0 Å². The van der Waals surface area contributed by atoms with Gasteiger partial charge in [0.05, 0.1) is 0 Å². The predicted octanol–water partition coefficient (Wildman–Crippen LogP) is 4.25. The molecule has 0 heterocycles. The molecule has 0 aliphatic carbocycles. The fourth-order valence-corrected chi connectivity index (χ4v) is 2.99. The van der Waals surface area contributed by atoms with E-state index in [4.69, 9.17) is 0 Å². The van der Waals surface area contributed by atoms with E-state index in [1.54, 1.807) is 0 Å². The van der Waals surface area contributed by atoms with Crippen LogP contribution in [0.5, 0.6) is 0 Å². The molecule has 0 aliphatic heterocycles. The Labute approximate surface area is 123 Å². The maximum atomic E-state index is 12.4. The monoisotopic (exact) mass is 282 g/mol. The van der Waals surface area contributed by atoms with Gasteiger partial charge in [-0.1, -0.05) is 60.7 Å². The Kier molecular flexibility index (Phi) is 5.22. The molecule has 2 aromatic carbocycles. The van der Waals surface area contributed by atoms with Gasteiger partial charge in [-0.15, -0.1) is 0 Å². The summed E-state index contributed by atoms with van der Waals surface area (Å²) in [5, 5.41) is 0. The Balaban J connectivity index is 1.95. The summed E-state index contributed by atoms with van der Waals surface area (Å²) in [4.78, 5) is 1.41. The van der Waals surface area contributed by atoms with Gasteiger partial charge in [0, 0.05) is 24.0 Å². The largest absolute Gasteiger partial charge is 0.607 e. The molecular formula is C18H18OS. The van der Waals surface area contributed by atoms with Crippen molar-refractivity contribution in [3.8, 4) is 0 Å². The normalized spacial score (nSPS) is 10.5. The van der Waals surface area contributed by atoms with Gasteiger partial charge in [0.2, 0.25) is 0 Å². The molecule has 0 radical (unpaired) electrons. The Hall–Kier alpha value is -1.77. The SMILES string of the molecule is C=C(Cc1ccccc1)[S+]([O-])C(=C)Cc1ccccc1.